The maximum absolute atomic E-state index is 12.4. The van der Waals surface area contributed by atoms with Gasteiger partial charge < -0.3 is 5.32 Å². The number of rotatable bonds is 6. The molecule has 0 fully saturated rings. The minimum absolute atomic E-state index is 0.163. The molecule has 0 saturated carbocycles. The average Bonchev–Trinajstić information content (AvgIpc) is 2.22. The second-order valence-electron chi connectivity index (χ2n) is 4.98. The van der Waals surface area contributed by atoms with Gasteiger partial charge in [0.25, 0.3) is 0 Å². The largest absolute Gasteiger partial charge is 0.396 e. The standard InChI is InChI=1S/C13H20F3N3/c1-4-5-17-11-7-10(6-9(2)3)18-12(19-11)8-13(14,15)16/h7,9H,4-6,8H2,1-3H3,(H,17,18,19). The second-order valence-corrected chi connectivity index (χ2v) is 4.98. The molecule has 1 heterocycles. The lowest BCUT2D eigenvalue weighted by Gasteiger charge is -2.12. The average molecular weight is 275 g/mol. The predicted octanol–water partition coefficient (Wildman–Crippen LogP) is 3.60. The van der Waals surface area contributed by atoms with Gasteiger partial charge in [0, 0.05) is 18.3 Å². The molecule has 3 nitrogen and oxygen atoms in total. The number of halogens is 3. The number of nitrogens with zero attached hydrogens (tertiary/aromatic N) is 2. The molecule has 0 aromatic carbocycles. The molecule has 0 unspecified atom stereocenters. The van der Waals surface area contributed by atoms with Crippen molar-refractivity contribution >= 4 is 5.82 Å². The molecule has 1 N–H and O–H groups in total. The number of anilines is 1. The molecule has 108 valence electrons. The van der Waals surface area contributed by atoms with Gasteiger partial charge in [-0.25, -0.2) is 9.97 Å². The first-order chi connectivity index (χ1) is 8.80. The van der Waals surface area contributed by atoms with Crippen molar-refractivity contribution in [1.82, 2.24) is 9.97 Å². The van der Waals surface area contributed by atoms with Gasteiger partial charge >= 0.3 is 6.18 Å². The van der Waals surface area contributed by atoms with E-state index in [1.807, 2.05) is 20.8 Å². The van der Waals surface area contributed by atoms with Crippen LogP contribution >= 0.6 is 0 Å². The molecule has 0 saturated heterocycles. The van der Waals surface area contributed by atoms with E-state index in [-0.39, 0.29) is 5.82 Å². The summed E-state index contributed by atoms with van der Waals surface area (Å²) in [5, 5.41) is 3.02. The Morgan fingerprint density at radius 1 is 1.26 bits per heavy atom. The number of nitrogens with one attached hydrogen (secondary N) is 1. The first-order valence-electron chi connectivity index (χ1n) is 6.47. The Morgan fingerprint density at radius 2 is 1.95 bits per heavy atom. The summed E-state index contributed by atoms with van der Waals surface area (Å²) in [6.45, 7) is 6.68. The fourth-order valence-corrected chi connectivity index (χ4v) is 1.68. The Balaban J connectivity index is 2.94. The van der Waals surface area contributed by atoms with E-state index in [1.54, 1.807) is 6.07 Å². The van der Waals surface area contributed by atoms with Crippen LogP contribution in [-0.2, 0) is 12.8 Å². The lowest BCUT2D eigenvalue weighted by molar-refractivity contribution is -0.128. The molecule has 0 spiro atoms. The lowest BCUT2D eigenvalue weighted by atomic mass is 10.1. The van der Waals surface area contributed by atoms with Crippen molar-refractivity contribution in [3.8, 4) is 0 Å². The zero-order chi connectivity index (χ0) is 14.5. The van der Waals surface area contributed by atoms with E-state index in [0.717, 1.165) is 6.42 Å². The van der Waals surface area contributed by atoms with E-state index in [0.29, 0.717) is 30.4 Å². The van der Waals surface area contributed by atoms with Crippen LogP contribution in [0.3, 0.4) is 0 Å². The second kappa shape index (κ2) is 6.73. The number of hydrogen-bond donors (Lipinski definition) is 1. The molecule has 0 aliphatic rings. The van der Waals surface area contributed by atoms with Crippen molar-refractivity contribution in [3.63, 3.8) is 0 Å². The summed E-state index contributed by atoms with van der Waals surface area (Å²) >= 11 is 0. The fourth-order valence-electron chi connectivity index (χ4n) is 1.68. The highest BCUT2D eigenvalue weighted by Gasteiger charge is 2.29. The minimum Gasteiger partial charge on any atom is -0.370 e. The molecule has 1 aromatic rings. The topological polar surface area (TPSA) is 37.8 Å². The van der Waals surface area contributed by atoms with E-state index in [2.05, 4.69) is 15.3 Å². The highest BCUT2D eigenvalue weighted by atomic mass is 19.4. The molecule has 0 aliphatic carbocycles. The van der Waals surface area contributed by atoms with Crippen LogP contribution in [0.25, 0.3) is 0 Å². The van der Waals surface area contributed by atoms with Crippen molar-refractivity contribution in [2.24, 2.45) is 5.92 Å². The third kappa shape index (κ3) is 6.40. The normalized spacial score (nSPS) is 11.9. The third-order valence-corrected chi connectivity index (χ3v) is 2.36. The van der Waals surface area contributed by atoms with E-state index >= 15 is 0 Å². The van der Waals surface area contributed by atoms with Crippen LogP contribution in [0.1, 0.15) is 38.7 Å². The van der Waals surface area contributed by atoms with E-state index in [4.69, 9.17) is 0 Å². The predicted molar refractivity (Wildman–Crippen MR) is 69.1 cm³/mol. The molecule has 0 atom stereocenters. The summed E-state index contributed by atoms with van der Waals surface area (Å²) in [6.07, 6.45) is -3.83. The van der Waals surface area contributed by atoms with Gasteiger partial charge in [0.05, 0.1) is 0 Å². The minimum atomic E-state index is -4.28. The summed E-state index contributed by atoms with van der Waals surface area (Å²) < 4.78 is 37.3. The summed E-state index contributed by atoms with van der Waals surface area (Å²) in [4.78, 5) is 7.92. The molecule has 0 amide bonds. The van der Waals surface area contributed by atoms with Crippen LogP contribution < -0.4 is 5.32 Å². The summed E-state index contributed by atoms with van der Waals surface area (Å²) in [6, 6.07) is 1.73. The van der Waals surface area contributed by atoms with Crippen LogP contribution in [0, 0.1) is 5.92 Å². The molecule has 0 radical (unpaired) electrons. The zero-order valence-electron chi connectivity index (χ0n) is 11.5. The van der Waals surface area contributed by atoms with Crippen LogP contribution in [0.5, 0.6) is 0 Å². The maximum atomic E-state index is 12.4. The Kier molecular flexibility index (Phi) is 5.57. The Hall–Kier alpha value is -1.33. The van der Waals surface area contributed by atoms with E-state index in [1.165, 1.54) is 0 Å². The zero-order valence-corrected chi connectivity index (χ0v) is 11.5. The Labute approximate surface area is 111 Å². The maximum Gasteiger partial charge on any atom is 0.396 e. The first-order valence-corrected chi connectivity index (χ1v) is 6.47. The molecule has 0 aliphatic heterocycles. The van der Waals surface area contributed by atoms with Crippen molar-refractivity contribution in [3.05, 3.63) is 17.6 Å². The van der Waals surface area contributed by atoms with Crippen LogP contribution in [-0.4, -0.2) is 22.7 Å². The molecule has 1 rings (SSSR count). The molecule has 0 bridgehead atoms. The number of hydrogen-bond acceptors (Lipinski definition) is 3. The summed E-state index contributed by atoms with van der Waals surface area (Å²) in [5.74, 6) is 0.656. The third-order valence-electron chi connectivity index (χ3n) is 2.36. The monoisotopic (exact) mass is 275 g/mol. The summed E-state index contributed by atoms with van der Waals surface area (Å²) in [7, 11) is 0. The van der Waals surface area contributed by atoms with Gasteiger partial charge in [-0.15, -0.1) is 0 Å². The van der Waals surface area contributed by atoms with Crippen molar-refractivity contribution in [1.29, 1.82) is 0 Å². The van der Waals surface area contributed by atoms with Crippen LogP contribution in [0.4, 0.5) is 19.0 Å². The Morgan fingerprint density at radius 3 is 2.47 bits per heavy atom. The SMILES string of the molecule is CCCNc1cc(CC(C)C)nc(CC(F)(F)F)n1. The van der Waals surface area contributed by atoms with Gasteiger partial charge in [-0.05, 0) is 18.8 Å². The highest BCUT2D eigenvalue weighted by Crippen LogP contribution is 2.21. The van der Waals surface area contributed by atoms with E-state index in [9.17, 15) is 13.2 Å². The van der Waals surface area contributed by atoms with Gasteiger partial charge in [-0.1, -0.05) is 20.8 Å². The lowest BCUT2D eigenvalue weighted by Crippen LogP contribution is -2.16. The molecule has 1 aromatic heterocycles. The van der Waals surface area contributed by atoms with Gasteiger partial charge in [-0.2, -0.15) is 13.2 Å². The molecule has 6 heteroatoms. The first kappa shape index (κ1) is 15.7. The van der Waals surface area contributed by atoms with Crippen molar-refractivity contribution < 1.29 is 13.2 Å². The quantitative estimate of drug-likeness (QED) is 0.862. The van der Waals surface area contributed by atoms with E-state index < -0.39 is 12.6 Å². The number of aromatic nitrogens is 2. The van der Waals surface area contributed by atoms with Crippen molar-refractivity contribution in [2.45, 2.75) is 46.2 Å². The van der Waals surface area contributed by atoms with Crippen LogP contribution in [0.2, 0.25) is 0 Å². The Bertz CT molecular complexity index is 403. The highest BCUT2D eigenvalue weighted by molar-refractivity contribution is 5.36. The van der Waals surface area contributed by atoms with Crippen molar-refractivity contribution in [2.75, 3.05) is 11.9 Å². The van der Waals surface area contributed by atoms with Gasteiger partial charge in [0.2, 0.25) is 0 Å². The smallest absolute Gasteiger partial charge is 0.370 e. The molecule has 19 heavy (non-hydrogen) atoms. The van der Waals surface area contributed by atoms with Gasteiger partial charge in [-0.3, -0.25) is 0 Å². The molecular formula is C13H20F3N3. The van der Waals surface area contributed by atoms with Gasteiger partial charge in [0.1, 0.15) is 18.1 Å². The number of alkyl halides is 3. The van der Waals surface area contributed by atoms with Crippen LogP contribution in [0.15, 0.2) is 6.07 Å². The van der Waals surface area contributed by atoms with Gasteiger partial charge in [0.15, 0.2) is 0 Å². The summed E-state index contributed by atoms with van der Waals surface area (Å²) in [5.41, 5.74) is 0.655. The molecular weight excluding hydrogens is 255 g/mol. The fraction of sp³-hybridized carbons (Fsp3) is 0.692.